The Bertz CT molecular complexity index is 2370. The van der Waals surface area contributed by atoms with E-state index in [2.05, 4.69) is 9.97 Å². The fourth-order valence-electron chi connectivity index (χ4n) is 6.07. The number of amides is 1. The second kappa shape index (κ2) is 12.3. The summed E-state index contributed by atoms with van der Waals surface area (Å²) in [5.74, 6) is -0.412. The van der Waals surface area contributed by atoms with Crippen LogP contribution in [0.25, 0.3) is 38.9 Å². The predicted molar refractivity (Wildman–Crippen MR) is 186 cm³/mol. The molecule has 250 valence electrons. The summed E-state index contributed by atoms with van der Waals surface area (Å²) in [6.07, 6.45) is 8.28. The van der Waals surface area contributed by atoms with Crippen LogP contribution in [0.4, 0.5) is 9.18 Å². The number of carbonyl (C=O) groups excluding carboxylic acids is 1. The molecule has 1 amide bonds. The molecule has 0 unspecified atom stereocenters. The summed E-state index contributed by atoms with van der Waals surface area (Å²) < 4.78 is 51.6. The topological polar surface area (TPSA) is 112 Å². The lowest BCUT2D eigenvalue weighted by molar-refractivity contribution is 0.0273. The van der Waals surface area contributed by atoms with E-state index in [0.29, 0.717) is 58.6 Å². The number of rotatable bonds is 6. The predicted octanol–water partition coefficient (Wildman–Crippen LogP) is 7.21. The van der Waals surface area contributed by atoms with Gasteiger partial charge in [-0.25, -0.2) is 31.5 Å². The normalized spacial score (nSPS) is 14.0. The molecular formula is C37H35FN6O4S. The third-order valence-electron chi connectivity index (χ3n) is 8.35. The number of halogens is 1. The van der Waals surface area contributed by atoms with Crippen molar-refractivity contribution in [1.29, 1.82) is 0 Å². The number of benzene rings is 1. The molecule has 12 heteroatoms. The van der Waals surface area contributed by atoms with E-state index in [4.69, 9.17) is 9.72 Å². The molecule has 1 aliphatic heterocycles. The molecule has 0 aliphatic carbocycles. The number of hydrogen-bond donors (Lipinski definition) is 0. The number of pyridine rings is 3. The van der Waals surface area contributed by atoms with Crippen molar-refractivity contribution < 1.29 is 22.3 Å². The van der Waals surface area contributed by atoms with Crippen molar-refractivity contribution in [3.8, 4) is 11.3 Å². The number of hydrogen-bond acceptors (Lipinski definition) is 7. The summed E-state index contributed by atoms with van der Waals surface area (Å²) in [6.45, 7) is 8.31. The van der Waals surface area contributed by atoms with E-state index < -0.39 is 27.5 Å². The third kappa shape index (κ3) is 6.31. The van der Waals surface area contributed by atoms with Gasteiger partial charge in [0.05, 0.1) is 35.6 Å². The van der Waals surface area contributed by atoms with E-state index in [1.807, 2.05) is 74.9 Å². The van der Waals surface area contributed by atoms with Crippen molar-refractivity contribution in [2.75, 3.05) is 13.1 Å². The van der Waals surface area contributed by atoms with Crippen molar-refractivity contribution in [3.63, 3.8) is 0 Å². The van der Waals surface area contributed by atoms with Crippen LogP contribution >= 0.6 is 0 Å². The van der Waals surface area contributed by atoms with Crippen molar-refractivity contribution in [2.24, 2.45) is 0 Å². The van der Waals surface area contributed by atoms with Gasteiger partial charge in [-0.2, -0.15) is 0 Å². The molecule has 49 heavy (non-hydrogen) atoms. The van der Waals surface area contributed by atoms with E-state index in [-0.39, 0.29) is 17.1 Å². The lowest BCUT2D eigenvalue weighted by atomic mass is 10.0. The highest BCUT2D eigenvalue weighted by atomic mass is 32.2. The minimum Gasteiger partial charge on any atom is -0.444 e. The molecule has 7 rings (SSSR count). The van der Waals surface area contributed by atoms with Crippen LogP contribution < -0.4 is 0 Å². The highest BCUT2D eigenvalue weighted by Crippen LogP contribution is 2.36. The number of ether oxygens (including phenoxy) is 1. The maximum atomic E-state index is 14.5. The van der Waals surface area contributed by atoms with Gasteiger partial charge in [0, 0.05) is 41.5 Å². The minimum absolute atomic E-state index is 0.119. The number of fused-ring (bicyclic) bond motifs is 2. The first-order valence-electron chi connectivity index (χ1n) is 15.9. The summed E-state index contributed by atoms with van der Waals surface area (Å²) in [5, 5.41) is 1.48. The molecule has 0 bridgehead atoms. The number of nitrogens with zero attached hydrogens (tertiary/aromatic N) is 6. The lowest BCUT2D eigenvalue weighted by Gasteiger charge is -2.30. The maximum absolute atomic E-state index is 14.5. The summed E-state index contributed by atoms with van der Waals surface area (Å²) in [4.78, 5) is 28.4. The van der Waals surface area contributed by atoms with Crippen LogP contribution in [0.3, 0.4) is 0 Å². The highest BCUT2D eigenvalue weighted by molar-refractivity contribution is 7.90. The van der Waals surface area contributed by atoms with Crippen molar-refractivity contribution in [1.82, 2.24) is 28.4 Å². The first-order valence-corrected chi connectivity index (χ1v) is 17.4. The molecule has 5 aromatic heterocycles. The van der Waals surface area contributed by atoms with Crippen LogP contribution in [0.15, 0.2) is 96.4 Å². The van der Waals surface area contributed by atoms with Crippen LogP contribution in [0.5, 0.6) is 0 Å². The quantitative estimate of drug-likeness (QED) is 0.183. The van der Waals surface area contributed by atoms with Crippen LogP contribution in [0.2, 0.25) is 0 Å². The Morgan fingerprint density at radius 3 is 2.55 bits per heavy atom. The number of carbonyl (C=O) groups is 1. The average Bonchev–Trinajstić information content (AvgIpc) is 3.66. The lowest BCUT2D eigenvalue weighted by Crippen LogP contribution is -2.40. The Labute approximate surface area is 283 Å². The van der Waals surface area contributed by atoms with E-state index >= 15 is 0 Å². The molecular weight excluding hydrogens is 644 g/mol. The Morgan fingerprint density at radius 2 is 1.80 bits per heavy atom. The molecule has 0 saturated heterocycles. The molecule has 0 radical (unpaired) electrons. The second-order valence-corrected chi connectivity index (χ2v) is 15.0. The zero-order valence-electron chi connectivity index (χ0n) is 27.6. The summed E-state index contributed by atoms with van der Waals surface area (Å²) in [7, 11) is -4.14. The van der Waals surface area contributed by atoms with E-state index in [0.717, 1.165) is 10.9 Å². The fraction of sp³-hybridized carbons (Fsp3) is 0.243. The molecule has 6 aromatic rings. The standard InChI is InChI=1S/C37H35FN6O4S/c1-24-7-10-29(11-8-24)49(46,47)44-33(27-6-5-16-43(23-27)36(45)48-37(2,3)4)19-31-30(13-15-40-35(31)44)32-12-9-26-14-17-42(34(26)41-32)22-25-18-28(38)21-39-20-25/h6-15,17-21H,5,16,22-23H2,1-4H3. The summed E-state index contributed by atoms with van der Waals surface area (Å²) >= 11 is 0. The first-order chi connectivity index (χ1) is 23.4. The maximum Gasteiger partial charge on any atom is 0.410 e. The van der Waals surface area contributed by atoms with E-state index in [1.54, 1.807) is 41.6 Å². The Hall–Kier alpha value is -5.36. The van der Waals surface area contributed by atoms with Gasteiger partial charge in [0.15, 0.2) is 5.65 Å². The van der Waals surface area contributed by atoms with Gasteiger partial charge in [-0.3, -0.25) is 4.98 Å². The zero-order valence-corrected chi connectivity index (χ0v) is 28.4. The Balaban J connectivity index is 1.37. The molecule has 0 fully saturated rings. The summed E-state index contributed by atoms with van der Waals surface area (Å²) in [5.41, 5.74) is 4.24. The molecule has 1 aromatic carbocycles. The largest absolute Gasteiger partial charge is 0.444 e. The fourth-order valence-corrected chi connectivity index (χ4v) is 7.56. The molecule has 0 N–H and O–H groups in total. The molecule has 0 spiro atoms. The van der Waals surface area contributed by atoms with E-state index in [9.17, 15) is 17.6 Å². The molecule has 0 atom stereocenters. The monoisotopic (exact) mass is 678 g/mol. The Kier molecular flexibility index (Phi) is 8.06. The smallest absolute Gasteiger partial charge is 0.410 e. The minimum atomic E-state index is -4.14. The van der Waals surface area contributed by atoms with E-state index in [1.165, 1.54) is 16.2 Å². The summed E-state index contributed by atoms with van der Waals surface area (Å²) in [6, 6.07) is 17.5. The van der Waals surface area contributed by atoms with Crippen molar-refractivity contribution in [2.45, 2.75) is 51.2 Å². The van der Waals surface area contributed by atoms with Gasteiger partial charge in [-0.05, 0) is 93.8 Å². The van der Waals surface area contributed by atoms with Gasteiger partial charge >= 0.3 is 6.09 Å². The van der Waals surface area contributed by atoms with Gasteiger partial charge in [0.1, 0.15) is 17.1 Å². The van der Waals surface area contributed by atoms with Crippen molar-refractivity contribution in [3.05, 3.63) is 114 Å². The van der Waals surface area contributed by atoms with Crippen LogP contribution in [0, 0.1) is 12.7 Å². The molecule has 1 aliphatic rings. The van der Waals surface area contributed by atoms with Crippen molar-refractivity contribution >= 4 is 43.8 Å². The second-order valence-electron chi connectivity index (χ2n) is 13.2. The third-order valence-corrected chi connectivity index (χ3v) is 10.1. The SMILES string of the molecule is Cc1ccc(S(=O)(=O)n2c(C3=CCCN(C(=O)OC(C)(C)C)C3)cc3c(-c4ccc5ccn(Cc6cncc(F)c6)c5n4)ccnc32)cc1. The Morgan fingerprint density at radius 1 is 1.00 bits per heavy atom. The zero-order chi connectivity index (χ0) is 34.5. The van der Waals surface area contributed by atoms with Crippen LogP contribution in [-0.4, -0.2) is 61.6 Å². The number of aryl methyl sites for hydroxylation is 1. The molecule has 6 heterocycles. The van der Waals surface area contributed by atoms with Gasteiger partial charge < -0.3 is 14.2 Å². The first kappa shape index (κ1) is 32.2. The van der Waals surface area contributed by atoms with Crippen LogP contribution in [-0.2, 0) is 21.3 Å². The van der Waals surface area contributed by atoms with Gasteiger partial charge in [-0.15, -0.1) is 0 Å². The van der Waals surface area contributed by atoms with Gasteiger partial charge in [0.2, 0.25) is 0 Å². The van der Waals surface area contributed by atoms with Crippen LogP contribution in [0.1, 0.15) is 44.0 Å². The highest BCUT2D eigenvalue weighted by Gasteiger charge is 2.31. The van der Waals surface area contributed by atoms with Gasteiger partial charge in [0.25, 0.3) is 10.0 Å². The van der Waals surface area contributed by atoms with Gasteiger partial charge in [-0.1, -0.05) is 23.8 Å². The average molecular weight is 679 g/mol. The molecule has 0 saturated carbocycles. The molecule has 10 nitrogen and oxygen atoms in total. The number of aromatic nitrogens is 5.